The molecular formula is C13H14N2O. The molecule has 0 radical (unpaired) electrons. The van der Waals surface area contributed by atoms with Crippen molar-refractivity contribution in [3.8, 4) is 11.1 Å². The van der Waals surface area contributed by atoms with Gasteiger partial charge in [0, 0.05) is 30.6 Å². The van der Waals surface area contributed by atoms with E-state index in [1.54, 1.807) is 19.3 Å². The number of hydrogen-bond acceptors (Lipinski definition) is 2. The average Bonchev–Trinajstić information content (AvgIpc) is 2.22. The van der Waals surface area contributed by atoms with Gasteiger partial charge in [-0.15, -0.1) is 0 Å². The van der Waals surface area contributed by atoms with Gasteiger partial charge in [0.1, 0.15) is 0 Å². The number of benzene rings is 1. The van der Waals surface area contributed by atoms with Crippen LogP contribution in [0, 0.1) is 6.92 Å². The number of hydrogen-bond donors (Lipinski definition) is 1. The number of rotatable bonds is 1. The predicted molar refractivity (Wildman–Crippen MR) is 66.3 cm³/mol. The molecule has 3 nitrogen and oxygen atoms in total. The van der Waals surface area contributed by atoms with Gasteiger partial charge < -0.3 is 10.3 Å². The molecule has 0 saturated heterocycles. The van der Waals surface area contributed by atoms with Crippen LogP contribution >= 0.6 is 0 Å². The van der Waals surface area contributed by atoms with Gasteiger partial charge in [-0.3, -0.25) is 4.79 Å². The zero-order valence-corrected chi connectivity index (χ0v) is 9.40. The minimum atomic E-state index is -0.0301. The molecule has 0 saturated carbocycles. The zero-order chi connectivity index (χ0) is 11.7. The van der Waals surface area contributed by atoms with E-state index in [9.17, 15) is 4.79 Å². The van der Waals surface area contributed by atoms with Crippen molar-refractivity contribution in [3.63, 3.8) is 0 Å². The monoisotopic (exact) mass is 214 g/mol. The molecule has 0 amide bonds. The van der Waals surface area contributed by atoms with Crippen molar-refractivity contribution in [1.29, 1.82) is 0 Å². The molecule has 0 fully saturated rings. The number of aromatic nitrogens is 1. The van der Waals surface area contributed by atoms with Gasteiger partial charge in [0.25, 0.3) is 5.56 Å². The van der Waals surface area contributed by atoms with Crippen LogP contribution in [-0.2, 0) is 7.05 Å². The van der Waals surface area contributed by atoms with E-state index >= 15 is 0 Å². The first-order chi connectivity index (χ1) is 7.58. The molecule has 2 rings (SSSR count). The minimum absolute atomic E-state index is 0.0301. The molecule has 0 aliphatic carbocycles. The molecule has 1 heterocycles. The standard InChI is InChI=1S/C13H14N2O/c1-9-3-4-11(12(14)7-9)10-5-6-15(2)13(16)8-10/h3-8H,14H2,1-2H3. The summed E-state index contributed by atoms with van der Waals surface area (Å²) in [6.45, 7) is 1.99. The lowest BCUT2D eigenvalue weighted by Gasteiger charge is -2.07. The summed E-state index contributed by atoms with van der Waals surface area (Å²) in [5, 5.41) is 0. The molecule has 0 atom stereocenters. The van der Waals surface area contributed by atoms with E-state index in [1.807, 2.05) is 31.2 Å². The predicted octanol–water partition coefficient (Wildman–Crippen LogP) is 1.94. The highest BCUT2D eigenvalue weighted by atomic mass is 16.1. The molecule has 0 aliphatic rings. The molecule has 1 aromatic carbocycles. The summed E-state index contributed by atoms with van der Waals surface area (Å²) in [6, 6.07) is 9.33. The Balaban J connectivity index is 2.59. The van der Waals surface area contributed by atoms with Crippen molar-refractivity contribution in [1.82, 2.24) is 4.57 Å². The topological polar surface area (TPSA) is 48.0 Å². The van der Waals surface area contributed by atoms with Crippen LogP contribution in [-0.4, -0.2) is 4.57 Å². The summed E-state index contributed by atoms with van der Waals surface area (Å²) in [7, 11) is 1.73. The minimum Gasteiger partial charge on any atom is -0.398 e. The normalized spacial score (nSPS) is 10.4. The highest BCUT2D eigenvalue weighted by molar-refractivity contribution is 5.76. The number of pyridine rings is 1. The maximum absolute atomic E-state index is 11.5. The van der Waals surface area contributed by atoms with Crippen molar-refractivity contribution in [2.45, 2.75) is 6.92 Å². The van der Waals surface area contributed by atoms with Crippen LogP contribution in [0.1, 0.15) is 5.56 Å². The third-order valence-corrected chi connectivity index (χ3v) is 2.62. The molecule has 1 aromatic heterocycles. The number of nitrogens with two attached hydrogens (primary N) is 1. The largest absolute Gasteiger partial charge is 0.398 e. The van der Waals surface area contributed by atoms with E-state index in [1.165, 1.54) is 4.57 Å². The fraction of sp³-hybridized carbons (Fsp3) is 0.154. The number of nitrogen functional groups attached to an aromatic ring is 1. The Morgan fingerprint density at radius 3 is 2.56 bits per heavy atom. The summed E-state index contributed by atoms with van der Waals surface area (Å²) in [5.41, 5.74) is 9.49. The van der Waals surface area contributed by atoms with Gasteiger partial charge in [-0.25, -0.2) is 0 Å². The van der Waals surface area contributed by atoms with Crippen molar-refractivity contribution in [3.05, 3.63) is 52.4 Å². The van der Waals surface area contributed by atoms with Crippen LogP contribution < -0.4 is 11.3 Å². The van der Waals surface area contributed by atoms with Crippen LogP contribution in [0.25, 0.3) is 11.1 Å². The fourth-order valence-electron chi connectivity index (χ4n) is 1.66. The van der Waals surface area contributed by atoms with Gasteiger partial charge in [-0.1, -0.05) is 12.1 Å². The molecule has 0 aliphatic heterocycles. The van der Waals surface area contributed by atoms with Crippen molar-refractivity contribution >= 4 is 5.69 Å². The van der Waals surface area contributed by atoms with E-state index in [0.29, 0.717) is 5.69 Å². The zero-order valence-electron chi connectivity index (χ0n) is 9.40. The molecule has 3 heteroatoms. The summed E-state index contributed by atoms with van der Waals surface area (Å²) >= 11 is 0. The Bertz CT molecular complexity index is 585. The van der Waals surface area contributed by atoms with Gasteiger partial charge in [0.05, 0.1) is 0 Å². The van der Waals surface area contributed by atoms with Crippen molar-refractivity contribution in [2.24, 2.45) is 7.05 Å². The fourth-order valence-corrected chi connectivity index (χ4v) is 1.66. The van der Waals surface area contributed by atoms with Gasteiger partial charge in [0.15, 0.2) is 0 Å². The van der Waals surface area contributed by atoms with Gasteiger partial charge in [-0.2, -0.15) is 0 Å². The van der Waals surface area contributed by atoms with E-state index in [2.05, 4.69) is 0 Å². The Morgan fingerprint density at radius 1 is 1.19 bits per heavy atom. The lowest BCUT2D eigenvalue weighted by atomic mass is 10.0. The summed E-state index contributed by atoms with van der Waals surface area (Å²) < 4.78 is 1.54. The second-order valence-electron chi connectivity index (χ2n) is 3.96. The second kappa shape index (κ2) is 3.85. The van der Waals surface area contributed by atoms with Crippen LogP contribution in [0.5, 0.6) is 0 Å². The smallest absolute Gasteiger partial charge is 0.250 e. The van der Waals surface area contributed by atoms with Crippen molar-refractivity contribution < 1.29 is 0 Å². The van der Waals surface area contributed by atoms with Gasteiger partial charge >= 0.3 is 0 Å². The summed E-state index contributed by atoms with van der Waals surface area (Å²) in [6.07, 6.45) is 1.75. The number of aryl methyl sites for hydroxylation is 2. The first kappa shape index (κ1) is 10.5. The molecule has 0 unspecified atom stereocenters. The molecule has 82 valence electrons. The maximum atomic E-state index is 11.5. The van der Waals surface area contributed by atoms with Crippen LogP contribution in [0.15, 0.2) is 41.3 Å². The Hall–Kier alpha value is -2.03. The quantitative estimate of drug-likeness (QED) is 0.737. The van der Waals surface area contributed by atoms with Crippen LogP contribution in [0.4, 0.5) is 5.69 Å². The lowest BCUT2D eigenvalue weighted by molar-refractivity contribution is 0.861. The highest BCUT2D eigenvalue weighted by Crippen LogP contribution is 2.25. The average molecular weight is 214 g/mol. The molecular weight excluding hydrogens is 200 g/mol. The maximum Gasteiger partial charge on any atom is 0.250 e. The van der Waals surface area contributed by atoms with E-state index in [0.717, 1.165) is 16.7 Å². The van der Waals surface area contributed by atoms with Gasteiger partial charge in [0.2, 0.25) is 0 Å². The molecule has 2 aromatic rings. The SMILES string of the molecule is Cc1ccc(-c2ccn(C)c(=O)c2)c(N)c1. The van der Waals surface area contributed by atoms with E-state index in [-0.39, 0.29) is 5.56 Å². The molecule has 16 heavy (non-hydrogen) atoms. The first-order valence-corrected chi connectivity index (χ1v) is 5.11. The Morgan fingerprint density at radius 2 is 1.94 bits per heavy atom. The summed E-state index contributed by atoms with van der Waals surface area (Å²) in [4.78, 5) is 11.5. The van der Waals surface area contributed by atoms with E-state index in [4.69, 9.17) is 5.73 Å². The Kier molecular flexibility index (Phi) is 2.52. The number of anilines is 1. The van der Waals surface area contributed by atoms with Crippen molar-refractivity contribution in [2.75, 3.05) is 5.73 Å². The van der Waals surface area contributed by atoms with Crippen LogP contribution in [0.2, 0.25) is 0 Å². The van der Waals surface area contributed by atoms with Gasteiger partial charge in [-0.05, 0) is 30.2 Å². The van der Waals surface area contributed by atoms with Crippen LogP contribution in [0.3, 0.4) is 0 Å². The Labute approximate surface area is 94.1 Å². The number of nitrogens with zero attached hydrogens (tertiary/aromatic N) is 1. The third-order valence-electron chi connectivity index (χ3n) is 2.62. The molecule has 0 spiro atoms. The lowest BCUT2D eigenvalue weighted by Crippen LogP contribution is -2.14. The molecule has 0 bridgehead atoms. The molecule has 2 N–H and O–H groups in total. The first-order valence-electron chi connectivity index (χ1n) is 5.11. The van der Waals surface area contributed by atoms with E-state index < -0.39 is 0 Å². The second-order valence-corrected chi connectivity index (χ2v) is 3.96. The third kappa shape index (κ3) is 1.84. The summed E-state index contributed by atoms with van der Waals surface area (Å²) in [5.74, 6) is 0. The highest BCUT2D eigenvalue weighted by Gasteiger charge is 2.03.